The highest BCUT2D eigenvalue weighted by molar-refractivity contribution is 5.88. The maximum Gasteiger partial charge on any atom is 0.173 e. The molecule has 174 valence electrons. The molecule has 14 heteroatoms. The fourth-order valence-electron chi connectivity index (χ4n) is 3.02. The topological polar surface area (TPSA) is 151 Å². The van der Waals surface area contributed by atoms with Crippen molar-refractivity contribution in [3.63, 3.8) is 0 Å². The molecule has 0 bridgehead atoms. The molecule has 0 unspecified atom stereocenters. The number of azo groups is 3. The Labute approximate surface area is 194 Å². The lowest BCUT2D eigenvalue weighted by Crippen LogP contribution is -2.09. The Hall–Kier alpha value is -4.75. The van der Waals surface area contributed by atoms with Crippen LogP contribution in [0.1, 0.15) is 0 Å². The first-order valence-electron chi connectivity index (χ1n) is 10.1. The van der Waals surface area contributed by atoms with Gasteiger partial charge in [-0.25, -0.2) is 14.0 Å². The highest BCUT2D eigenvalue weighted by atomic mass is 16.3. The van der Waals surface area contributed by atoms with E-state index >= 15 is 0 Å². The first kappa shape index (κ1) is 22.4. The number of phenolic OH excluding ortho intramolecular Hbond substituents is 1. The van der Waals surface area contributed by atoms with Crippen molar-refractivity contribution in [1.29, 1.82) is 0 Å². The lowest BCUT2D eigenvalue weighted by molar-refractivity contribution is 0.477. The normalized spacial score (nSPS) is 12.0. The van der Waals surface area contributed by atoms with Gasteiger partial charge in [0, 0.05) is 53.4 Å². The number of hydrogen-bond acceptors (Lipinski definition) is 11. The largest absolute Gasteiger partial charge is 0.504 e. The monoisotopic (exact) mass is 461 g/mol. The third-order valence-corrected chi connectivity index (χ3v) is 4.81. The summed E-state index contributed by atoms with van der Waals surface area (Å²) >= 11 is 0. The second kappa shape index (κ2) is 9.40. The van der Waals surface area contributed by atoms with Crippen molar-refractivity contribution in [2.24, 2.45) is 51.8 Å². The summed E-state index contributed by atoms with van der Waals surface area (Å²) in [6, 6.07) is 6.70. The Morgan fingerprint density at radius 1 is 0.676 bits per heavy atom. The second-order valence-corrected chi connectivity index (χ2v) is 7.39. The van der Waals surface area contributed by atoms with Gasteiger partial charge in [0.1, 0.15) is 11.4 Å². The van der Waals surface area contributed by atoms with Crippen molar-refractivity contribution in [2.45, 2.75) is 0 Å². The molecule has 0 aliphatic carbocycles. The molecule has 0 amide bonds. The number of phenols is 1. The van der Waals surface area contributed by atoms with Crippen LogP contribution in [0.15, 0.2) is 73.5 Å². The molecule has 0 fully saturated rings. The number of aromatic hydroxyl groups is 1. The van der Waals surface area contributed by atoms with Crippen LogP contribution >= 0.6 is 0 Å². The zero-order valence-electron chi connectivity index (χ0n) is 19.3. The summed E-state index contributed by atoms with van der Waals surface area (Å²) in [6.07, 6.45) is 4.83. The summed E-state index contributed by atoms with van der Waals surface area (Å²) in [5.41, 5.74) is 1.20. The van der Waals surface area contributed by atoms with Crippen molar-refractivity contribution in [3.8, 4) is 5.75 Å². The minimum absolute atomic E-state index is 0.143. The Kier molecular flexibility index (Phi) is 6.20. The van der Waals surface area contributed by atoms with Gasteiger partial charge >= 0.3 is 0 Å². The predicted molar refractivity (Wildman–Crippen MR) is 125 cm³/mol. The van der Waals surface area contributed by atoms with Crippen LogP contribution in [0.4, 0.5) is 40.2 Å². The Bertz CT molecular complexity index is 1390. The summed E-state index contributed by atoms with van der Waals surface area (Å²) in [6.45, 7) is 0. The highest BCUT2D eigenvalue weighted by Gasteiger charge is 2.21. The molecule has 0 aliphatic heterocycles. The minimum atomic E-state index is -0.208. The van der Waals surface area contributed by atoms with Gasteiger partial charge in [-0.05, 0) is 6.07 Å². The van der Waals surface area contributed by atoms with Gasteiger partial charge in [-0.3, -0.25) is 0 Å². The van der Waals surface area contributed by atoms with Gasteiger partial charge in [-0.15, -0.1) is 30.7 Å². The van der Waals surface area contributed by atoms with Crippen molar-refractivity contribution >= 4 is 40.2 Å². The number of aromatic nitrogens is 6. The van der Waals surface area contributed by atoms with Gasteiger partial charge < -0.3 is 10.0 Å². The fourth-order valence-corrected chi connectivity index (χ4v) is 3.02. The molecule has 1 aromatic carbocycles. The molecular formula is C20H23N13O. The lowest BCUT2D eigenvalue weighted by Gasteiger charge is -2.18. The van der Waals surface area contributed by atoms with E-state index in [2.05, 4.69) is 46.0 Å². The van der Waals surface area contributed by atoms with Crippen molar-refractivity contribution in [1.82, 2.24) is 29.3 Å². The molecule has 3 aromatic heterocycles. The molecular weight excluding hydrogens is 438 g/mol. The number of aryl methyl sites for hydroxylation is 3. The first-order chi connectivity index (χ1) is 16.3. The van der Waals surface area contributed by atoms with Crippen molar-refractivity contribution in [2.75, 3.05) is 19.0 Å². The van der Waals surface area contributed by atoms with E-state index in [0.29, 0.717) is 28.8 Å². The standard InChI is InChI=1S/C20H23N13O/c1-30(2)19-13(24-26-15-6-9-21-31(15)3)12-14(25-27-16-7-10-22-32(16)4)20(34)18(19)29-28-17-8-11-23-33(17)5/h6-12,34H,1-5H3. The van der Waals surface area contributed by atoms with Crippen LogP contribution in [0.3, 0.4) is 0 Å². The van der Waals surface area contributed by atoms with Crippen molar-refractivity contribution < 1.29 is 5.11 Å². The lowest BCUT2D eigenvalue weighted by atomic mass is 10.1. The molecule has 0 radical (unpaired) electrons. The SMILES string of the molecule is CN(C)c1c(N=Nc2ccnn2C)cc(N=Nc2ccnn2C)c(O)c1N=Nc1ccnn1C. The number of benzene rings is 1. The summed E-state index contributed by atoms with van der Waals surface area (Å²) in [7, 11) is 8.85. The van der Waals surface area contributed by atoms with Crippen LogP contribution in [0.2, 0.25) is 0 Å². The van der Waals surface area contributed by atoms with E-state index in [9.17, 15) is 5.11 Å². The zero-order chi connectivity index (χ0) is 24.2. The number of hydrogen-bond donors (Lipinski definition) is 1. The Morgan fingerprint density at radius 2 is 1.12 bits per heavy atom. The Balaban J connectivity index is 1.87. The molecule has 1 N–H and O–H groups in total. The average molecular weight is 461 g/mol. The van der Waals surface area contributed by atoms with E-state index in [0.717, 1.165) is 0 Å². The molecule has 0 saturated carbocycles. The van der Waals surface area contributed by atoms with Crippen LogP contribution in [0.5, 0.6) is 5.75 Å². The molecule has 34 heavy (non-hydrogen) atoms. The summed E-state index contributed by atoms with van der Waals surface area (Å²) in [4.78, 5) is 1.76. The van der Waals surface area contributed by atoms with E-state index < -0.39 is 0 Å². The first-order valence-corrected chi connectivity index (χ1v) is 10.1. The molecule has 3 heterocycles. The predicted octanol–water partition coefficient (Wildman–Crippen LogP) is 4.90. The van der Waals surface area contributed by atoms with Gasteiger partial charge in [0.2, 0.25) is 0 Å². The van der Waals surface area contributed by atoms with Crippen molar-refractivity contribution in [3.05, 3.63) is 42.9 Å². The molecule has 0 saturated heterocycles. The van der Waals surface area contributed by atoms with Gasteiger partial charge in [-0.2, -0.15) is 15.3 Å². The highest BCUT2D eigenvalue weighted by Crippen LogP contribution is 2.50. The van der Waals surface area contributed by atoms with Gasteiger partial charge in [0.15, 0.2) is 28.9 Å². The van der Waals surface area contributed by atoms with Crippen LogP contribution in [0, 0.1) is 0 Å². The molecule has 0 atom stereocenters. The third-order valence-electron chi connectivity index (χ3n) is 4.81. The molecule has 0 spiro atoms. The maximum atomic E-state index is 11.1. The smallest absolute Gasteiger partial charge is 0.173 e. The summed E-state index contributed by atoms with van der Waals surface area (Å²) in [5, 5.41) is 48.9. The van der Waals surface area contributed by atoms with E-state index in [1.807, 2.05) is 0 Å². The van der Waals surface area contributed by atoms with Crippen LogP contribution in [0.25, 0.3) is 0 Å². The van der Waals surface area contributed by atoms with Gasteiger partial charge in [0.05, 0.1) is 24.3 Å². The van der Waals surface area contributed by atoms with Crippen LogP contribution < -0.4 is 4.90 Å². The summed E-state index contributed by atoms with van der Waals surface area (Å²) in [5.74, 6) is 1.35. The van der Waals surface area contributed by atoms with E-state index in [-0.39, 0.29) is 17.1 Å². The third kappa shape index (κ3) is 4.55. The average Bonchev–Trinajstić information content (AvgIpc) is 3.52. The number of nitrogens with zero attached hydrogens (tertiary/aromatic N) is 13. The Morgan fingerprint density at radius 3 is 1.53 bits per heavy atom. The van der Waals surface area contributed by atoms with Gasteiger partial charge in [0.25, 0.3) is 0 Å². The van der Waals surface area contributed by atoms with E-state index in [4.69, 9.17) is 0 Å². The van der Waals surface area contributed by atoms with E-state index in [1.54, 1.807) is 97.0 Å². The molecule has 4 rings (SSSR count). The maximum absolute atomic E-state index is 11.1. The minimum Gasteiger partial charge on any atom is -0.504 e. The zero-order valence-corrected chi connectivity index (χ0v) is 19.3. The molecule has 0 aliphatic rings. The quantitative estimate of drug-likeness (QED) is 0.388. The van der Waals surface area contributed by atoms with Crippen LogP contribution in [-0.2, 0) is 21.1 Å². The van der Waals surface area contributed by atoms with Crippen LogP contribution in [-0.4, -0.2) is 48.5 Å². The molecule has 4 aromatic rings. The summed E-state index contributed by atoms with van der Waals surface area (Å²) < 4.78 is 4.71. The van der Waals surface area contributed by atoms with E-state index in [1.165, 1.54) is 0 Å². The fraction of sp³-hybridized carbons (Fsp3) is 0.250. The van der Waals surface area contributed by atoms with Gasteiger partial charge in [-0.1, -0.05) is 0 Å². The number of anilines is 1. The second-order valence-electron chi connectivity index (χ2n) is 7.39. The number of rotatable bonds is 7. The molecule has 14 nitrogen and oxygen atoms in total.